The summed E-state index contributed by atoms with van der Waals surface area (Å²) in [5, 5.41) is 9.72. The summed E-state index contributed by atoms with van der Waals surface area (Å²) in [4.78, 5) is 0. The molecule has 0 radical (unpaired) electrons. The summed E-state index contributed by atoms with van der Waals surface area (Å²) < 4.78 is 27.9. The predicted molar refractivity (Wildman–Crippen MR) is 65.4 cm³/mol. The van der Waals surface area contributed by atoms with Gasteiger partial charge in [0.15, 0.2) is 0 Å². The molecule has 0 aliphatic heterocycles. The van der Waals surface area contributed by atoms with Gasteiger partial charge in [0.2, 0.25) is 0 Å². The van der Waals surface area contributed by atoms with Gasteiger partial charge in [0, 0.05) is 6.26 Å². The van der Waals surface area contributed by atoms with Crippen LogP contribution in [0.1, 0.15) is 11.7 Å². The Morgan fingerprint density at radius 2 is 2.12 bits per heavy atom. The zero-order valence-electron chi connectivity index (χ0n) is 8.97. The lowest BCUT2D eigenvalue weighted by Crippen LogP contribution is -2.12. The predicted octanol–water partition coefficient (Wildman–Crippen LogP) is 1.54. The highest BCUT2D eigenvalue weighted by molar-refractivity contribution is 9.10. The van der Waals surface area contributed by atoms with Crippen molar-refractivity contribution in [3.05, 3.63) is 28.2 Å². The first-order chi connectivity index (χ1) is 7.33. The first-order valence-corrected chi connectivity index (χ1v) is 7.38. The van der Waals surface area contributed by atoms with Crippen LogP contribution in [0.15, 0.2) is 22.7 Å². The lowest BCUT2D eigenvalue weighted by atomic mass is 10.1. The van der Waals surface area contributed by atoms with Crippen molar-refractivity contribution >= 4 is 25.8 Å². The van der Waals surface area contributed by atoms with E-state index in [-0.39, 0.29) is 5.75 Å². The van der Waals surface area contributed by atoms with Crippen molar-refractivity contribution in [3.8, 4) is 5.75 Å². The fraction of sp³-hybridized carbons (Fsp3) is 0.400. The minimum atomic E-state index is -3.20. The Balaban J connectivity index is 2.96. The number of rotatable bonds is 4. The Morgan fingerprint density at radius 3 is 2.62 bits per heavy atom. The van der Waals surface area contributed by atoms with Gasteiger partial charge in [-0.3, -0.25) is 0 Å². The molecule has 6 heteroatoms. The molecule has 0 aliphatic carbocycles. The normalized spacial score (nSPS) is 13.5. The van der Waals surface area contributed by atoms with Crippen LogP contribution in [0.4, 0.5) is 0 Å². The van der Waals surface area contributed by atoms with Crippen molar-refractivity contribution < 1.29 is 18.3 Å². The number of methoxy groups -OCH3 is 1. The third-order valence-electron chi connectivity index (χ3n) is 2.02. The minimum Gasteiger partial charge on any atom is -0.496 e. The molecule has 0 fully saturated rings. The third kappa shape index (κ3) is 3.77. The quantitative estimate of drug-likeness (QED) is 0.916. The maximum atomic E-state index is 11.0. The second-order valence-corrected chi connectivity index (χ2v) is 6.54. The molecule has 0 heterocycles. The Hall–Kier alpha value is -0.590. The lowest BCUT2D eigenvalue weighted by molar-refractivity contribution is 0.201. The molecule has 0 aliphatic rings. The van der Waals surface area contributed by atoms with Gasteiger partial charge >= 0.3 is 0 Å². The van der Waals surface area contributed by atoms with Gasteiger partial charge in [-0.25, -0.2) is 8.42 Å². The maximum absolute atomic E-state index is 11.0. The van der Waals surface area contributed by atoms with E-state index in [4.69, 9.17) is 4.74 Å². The van der Waals surface area contributed by atoms with Crippen LogP contribution in [-0.4, -0.2) is 32.6 Å². The molecular weight excluding hydrogens is 296 g/mol. The molecule has 16 heavy (non-hydrogen) atoms. The number of aliphatic hydroxyl groups is 1. The maximum Gasteiger partial charge on any atom is 0.150 e. The minimum absolute atomic E-state index is 0.294. The SMILES string of the molecule is COc1cc(C(O)CS(C)(=O)=O)ccc1Br. The highest BCUT2D eigenvalue weighted by Crippen LogP contribution is 2.28. The van der Waals surface area contributed by atoms with Gasteiger partial charge in [-0.15, -0.1) is 0 Å². The Kier molecular flexibility index (Phi) is 4.35. The largest absolute Gasteiger partial charge is 0.496 e. The van der Waals surface area contributed by atoms with Gasteiger partial charge in [0.25, 0.3) is 0 Å². The average Bonchev–Trinajstić information content (AvgIpc) is 2.15. The molecule has 1 N–H and O–H groups in total. The summed E-state index contributed by atoms with van der Waals surface area (Å²) in [6, 6.07) is 4.97. The number of sulfone groups is 1. The molecule has 0 spiro atoms. The zero-order valence-corrected chi connectivity index (χ0v) is 11.4. The molecule has 0 saturated heterocycles. The lowest BCUT2D eigenvalue weighted by Gasteiger charge is -2.11. The molecule has 1 atom stereocenters. The van der Waals surface area contributed by atoms with Gasteiger partial charge in [0.05, 0.1) is 23.4 Å². The average molecular weight is 309 g/mol. The van der Waals surface area contributed by atoms with E-state index in [0.717, 1.165) is 10.7 Å². The van der Waals surface area contributed by atoms with E-state index >= 15 is 0 Å². The monoisotopic (exact) mass is 308 g/mol. The van der Waals surface area contributed by atoms with E-state index in [0.29, 0.717) is 11.3 Å². The van der Waals surface area contributed by atoms with Crippen LogP contribution in [0.5, 0.6) is 5.75 Å². The number of aliphatic hydroxyl groups excluding tert-OH is 1. The van der Waals surface area contributed by atoms with Gasteiger partial charge in [-0.1, -0.05) is 6.07 Å². The van der Waals surface area contributed by atoms with Crippen molar-refractivity contribution in [2.24, 2.45) is 0 Å². The van der Waals surface area contributed by atoms with Gasteiger partial charge in [-0.05, 0) is 33.6 Å². The number of halogens is 1. The first-order valence-electron chi connectivity index (χ1n) is 4.52. The number of hydrogen-bond donors (Lipinski definition) is 1. The summed E-state index contributed by atoms with van der Waals surface area (Å²) in [6.45, 7) is 0. The molecule has 1 aromatic rings. The van der Waals surface area contributed by atoms with Gasteiger partial charge in [-0.2, -0.15) is 0 Å². The van der Waals surface area contributed by atoms with Crippen molar-refractivity contribution in [1.82, 2.24) is 0 Å². The Labute approximate surface area is 103 Å². The number of benzene rings is 1. The van der Waals surface area contributed by atoms with Crippen molar-refractivity contribution in [3.63, 3.8) is 0 Å². The molecule has 0 bridgehead atoms. The molecule has 90 valence electrons. The summed E-state index contributed by atoms with van der Waals surface area (Å²) in [6.07, 6.45) is 0.0590. The second-order valence-electron chi connectivity index (χ2n) is 3.50. The molecule has 0 amide bonds. The van der Waals surface area contributed by atoms with Crippen molar-refractivity contribution in [1.29, 1.82) is 0 Å². The van der Waals surface area contributed by atoms with Crippen LogP contribution in [0.25, 0.3) is 0 Å². The van der Waals surface area contributed by atoms with Crippen molar-refractivity contribution in [2.75, 3.05) is 19.1 Å². The summed E-state index contributed by atoms with van der Waals surface area (Å²) >= 11 is 3.28. The fourth-order valence-electron chi connectivity index (χ4n) is 1.27. The van der Waals surface area contributed by atoms with Crippen molar-refractivity contribution in [2.45, 2.75) is 6.10 Å². The fourth-order valence-corrected chi connectivity index (χ4v) is 2.44. The van der Waals surface area contributed by atoms with E-state index in [2.05, 4.69) is 15.9 Å². The molecule has 1 unspecified atom stereocenters. The third-order valence-corrected chi connectivity index (χ3v) is 3.60. The van der Waals surface area contributed by atoms with E-state index in [9.17, 15) is 13.5 Å². The van der Waals surface area contributed by atoms with Crippen LogP contribution in [0, 0.1) is 0 Å². The van der Waals surface area contributed by atoms with E-state index in [1.54, 1.807) is 18.2 Å². The van der Waals surface area contributed by atoms with Crippen LogP contribution in [0.2, 0.25) is 0 Å². The van der Waals surface area contributed by atoms with Crippen LogP contribution >= 0.6 is 15.9 Å². The number of ether oxygens (including phenoxy) is 1. The highest BCUT2D eigenvalue weighted by Gasteiger charge is 2.15. The van der Waals surface area contributed by atoms with E-state index in [1.165, 1.54) is 7.11 Å². The summed E-state index contributed by atoms with van der Waals surface area (Å²) in [5.41, 5.74) is 0.519. The second kappa shape index (κ2) is 5.16. The summed E-state index contributed by atoms with van der Waals surface area (Å²) in [5.74, 6) is 0.266. The van der Waals surface area contributed by atoms with E-state index < -0.39 is 15.9 Å². The molecule has 4 nitrogen and oxygen atoms in total. The molecule has 1 rings (SSSR count). The summed E-state index contributed by atoms with van der Waals surface area (Å²) in [7, 11) is -1.70. The molecule has 1 aromatic carbocycles. The molecular formula is C10H13BrO4S. The highest BCUT2D eigenvalue weighted by atomic mass is 79.9. The molecule has 0 aromatic heterocycles. The standard InChI is InChI=1S/C10H13BrO4S/c1-15-10-5-7(3-4-8(10)11)9(12)6-16(2,13)14/h3-5,9,12H,6H2,1-2H3. The zero-order chi connectivity index (χ0) is 12.3. The molecule has 0 saturated carbocycles. The van der Waals surface area contributed by atoms with Crippen LogP contribution in [0.3, 0.4) is 0 Å². The van der Waals surface area contributed by atoms with Crippen LogP contribution < -0.4 is 4.74 Å². The topological polar surface area (TPSA) is 63.6 Å². The van der Waals surface area contributed by atoms with Gasteiger partial charge in [0.1, 0.15) is 15.6 Å². The van der Waals surface area contributed by atoms with Gasteiger partial charge < -0.3 is 9.84 Å². The Bertz CT molecular complexity index is 470. The van der Waals surface area contributed by atoms with Crippen LogP contribution in [-0.2, 0) is 9.84 Å². The number of hydrogen-bond acceptors (Lipinski definition) is 4. The van der Waals surface area contributed by atoms with E-state index in [1.807, 2.05) is 0 Å². The smallest absolute Gasteiger partial charge is 0.150 e. The Morgan fingerprint density at radius 1 is 1.50 bits per heavy atom. The first kappa shape index (κ1) is 13.5.